The standard InChI is InChI=1S/C13H15NO5/c1-15-12(16-2)9(8-14)11(10-6-5-7-19-10)13(12,17-3)18-4/h5-7H,1-4H3. The highest BCUT2D eigenvalue weighted by molar-refractivity contribution is 5.85. The first-order valence-electron chi connectivity index (χ1n) is 5.57. The molecule has 0 aromatic carbocycles. The SMILES string of the molecule is COC1(OC)C(C#N)=C(c2ccco2)C1(OC)OC. The van der Waals surface area contributed by atoms with E-state index < -0.39 is 11.6 Å². The van der Waals surface area contributed by atoms with Gasteiger partial charge >= 0.3 is 0 Å². The number of hydrogen-bond acceptors (Lipinski definition) is 6. The minimum atomic E-state index is -1.41. The van der Waals surface area contributed by atoms with Crippen LogP contribution in [0, 0.1) is 11.3 Å². The second kappa shape index (κ2) is 4.79. The Balaban J connectivity index is 2.70. The van der Waals surface area contributed by atoms with Gasteiger partial charge in [0.15, 0.2) is 0 Å². The first-order chi connectivity index (χ1) is 9.17. The zero-order chi connectivity index (χ0) is 14.1. The minimum Gasteiger partial charge on any atom is -0.464 e. The van der Waals surface area contributed by atoms with E-state index in [2.05, 4.69) is 6.07 Å². The Morgan fingerprint density at radius 3 is 2.00 bits per heavy atom. The Morgan fingerprint density at radius 2 is 1.63 bits per heavy atom. The van der Waals surface area contributed by atoms with Gasteiger partial charge in [0.25, 0.3) is 11.6 Å². The molecule has 0 aliphatic heterocycles. The molecule has 102 valence electrons. The highest BCUT2D eigenvalue weighted by Gasteiger charge is 2.71. The summed E-state index contributed by atoms with van der Waals surface area (Å²) < 4.78 is 26.9. The molecule has 0 atom stereocenters. The summed E-state index contributed by atoms with van der Waals surface area (Å²) in [7, 11) is 5.75. The number of furan rings is 1. The van der Waals surface area contributed by atoms with Crippen molar-refractivity contribution in [3.05, 3.63) is 29.7 Å². The van der Waals surface area contributed by atoms with E-state index in [-0.39, 0.29) is 5.57 Å². The molecule has 19 heavy (non-hydrogen) atoms. The third kappa shape index (κ3) is 1.44. The van der Waals surface area contributed by atoms with E-state index in [1.807, 2.05) is 0 Å². The summed E-state index contributed by atoms with van der Waals surface area (Å²) in [6.45, 7) is 0. The van der Waals surface area contributed by atoms with Crippen molar-refractivity contribution in [1.29, 1.82) is 5.26 Å². The van der Waals surface area contributed by atoms with Gasteiger partial charge in [-0.25, -0.2) is 0 Å². The highest BCUT2D eigenvalue weighted by atomic mass is 16.8. The number of nitrogens with zero attached hydrogens (tertiary/aromatic N) is 1. The summed E-state index contributed by atoms with van der Waals surface area (Å²) in [6.07, 6.45) is 1.51. The summed E-state index contributed by atoms with van der Waals surface area (Å²) in [5.41, 5.74) is 0.727. The van der Waals surface area contributed by atoms with Crippen LogP contribution in [0.1, 0.15) is 5.76 Å². The van der Waals surface area contributed by atoms with Gasteiger partial charge < -0.3 is 23.4 Å². The molecule has 1 aromatic rings. The van der Waals surface area contributed by atoms with Crippen LogP contribution in [0.3, 0.4) is 0 Å². The number of methoxy groups -OCH3 is 4. The van der Waals surface area contributed by atoms with Crippen molar-refractivity contribution >= 4 is 5.57 Å². The lowest BCUT2D eigenvalue weighted by Crippen LogP contribution is -2.68. The van der Waals surface area contributed by atoms with Gasteiger partial charge in [-0.1, -0.05) is 0 Å². The monoisotopic (exact) mass is 265 g/mol. The largest absolute Gasteiger partial charge is 0.464 e. The number of ether oxygens (including phenoxy) is 4. The molecule has 0 fully saturated rings. The van der Waals surface area contributed by atoms with E-state index in [0.717, 1.165) is 0 Å². The van der Waals surface area contributed by atoms with Crippen molar-refractivity contribution in [3.63, 3.8) is 0 Å². The second-order valence-corrected chi connectivity index (χ2v) is 3.89. The van der Waals surface area contributed by atoms with Crippen molar-refractivity contribution in [1.82, 2.24) is 0 Å². The summed E-state index contributed by atoms with van der Waals surface area (Å²) in [6, 6.07) is 5.50. The van der Waals surface area contributed by atoms with Crippen molar-refractivity contribution in [2.24, 2.45) is 0 Å². The number of nitriles is 1. The average molecular weight is 265 g/mol. The van der Waals surface area contributed by atoms with E-state index in [1.165, 1.54) is 34.7 Å². The van der Waals surface area contributed by atoms with E-state index >= 15 is 0 Å². The van der Waals surface area contributed by atoms with Gasteiger partial charge in [0, 0.05) is 28.4 Å². The van der Waals surface area contributed by atoms with Crippen LogP contribution >= 0.6 is 0 Å². The smallest absolute Gasteiger partial charge is 0.266 e. The predicted octanol–water partition coefficient (Wildman–Crippen LogP) is 1.55. The van der Waals surface area contributed by atoms with E-state index in [4.69, 9.17) is 23.4 Å². The molecular formula is C13H15NO5. The molecule has 0 radical (unpaired) electrons. The maximum absolute atomic E-state index is 9.36. The maximum atomic E-state index is 9.36. The Morgan fingerprint density at radius 1 is 1.05 bits per heavy atom. The fourth-order valence-corrected chi connectivity index (χ4v) is 2.54. The molecule has 2 rings (SSSR count). The molecule has 6 heteroatoms. The lowest BCUT2D eigenvalue weighted by atomic mass is 9.73. The summed E-state index contributed by atoms with van der Waals surface area (Å²) in [5.74, 6) is -2.28. The van der Waals surface area contributed by atoms with Crippen LogP contribution < -0.4 is 0 Å². The van der Waals surface area contributed by atoms with Gasteiger partial charge in [-0.15, -0.1) is 0 Å². The van der Waals surface area contributed by atoms with Crippen LogP contribution in [-0.4, -0.2) is 40.0 Å². The second-order valence-electron chi connectivity index (χ2n) is 3.89. The summed E-state index contributed by atoms with van der Waals surface area (Å²) in [5, 5.41) is 9.36. The predicted molar refractivity (Wildman–Crippen MR) is 64.7 cm³/mol. The topological polar surface area (TPSA) is 73.9 Å². The van der Waals surface area contributed by atoms with Crippen LogP contribution in [0.25, 0.3) is 5.57 Å². The molecule has 1 heterocycles. The number of hydrogen-bond donors (Lipinski definition) is 0. The third-order valence-corrected chi connectivity index (χ3v) is 3.37. The summed E-state index contributed by atoms with van der Waals surface area (Å²) >= 11 is 0. The summed E-state index contributed by atoms with van der Waals surface area (Å²) in [4.78, 5) is 0. The Bertz CT molecular complexity index is 518. The van der Waals surface area contributed by atoms with Crippen molar-refractivity contribution in [2.75, 3.05) is 28.4 Å². The highest BCUT2D eigenvalue weighted by Crippen LogP contribution is 2.57. The molecule has 1 aromatic heterocycles. The van der Waals surface area contributed by atoms with Crippen LogP contribution in [0.5, 0.6) is 0 Å². The molecule has 0 bridgehead atoms. The molecule has 0 amide bonds. The first-order valence-corrected chi connectivity index (χ1v) is 5.57. The molecule has 0 N–H and O–H groups in total. The van der Waals surface area contributed by atoms with Crippen molar-refractivity contribution in [3.8, 4) is 6.07 Å². The van der Waals surface area contributed by atoms with Crippen LogP contribution in [-0.2, 0) is 18.9 Å². The Labute approximate surface area is 111 Å². The van der Waals surface area contributed by atoms with Gasteiger partial charge in [0.05, 0.1) is 11.8 Å². The molecule has 1 aliphatic carbocycles. The van der Waals surface area contributed by atoms with E-state index in [1.54, 1.807) is 12.1 Å². The zero-order valence-corrected chi connectivity index (χ0v) is 11.2. The molecule has 6 nitrogen and oxygen atoms in total. The normalized spacial score (nSPS) is 19.9. The van der Waals surface area contributed by atoms with Crippen LogP contribution in [0.2, 0.25) is 0 Å². The van der Waals surface area contributed by atoms with Gasteiger partial charge in [0.1, 0.15) is 17.4 Å². The van der Waals surface area contributed by atoms with E-state index in [0.29, 0.717) is 11.3 Å². The Kier molecular flexibility index (Phi) is 3.47. The molecule has 0 spiro atoms. The quantitative estimate of drug-likeness (QED) is 0.752. The zero-order valence-electron chi connectivity index (χ0n) is 11.2. The Hall–Kier alpha value is -1.65. The molecular weight excluding hydrogens is 250 g/mol. The van der Waals surface area contributed by atoms with Gasteiger partial charge in [-0.3, -0.25) is 0 Å². The molecule has 0 unspecified atom stereocenters. The van der Waals surface area contributed by atoms with Gasteiger partial charge in [0.2, 0.25) is 0 Å². The van der Waals surface area contributed by atoms with Crippen molar-refractivity contribution in [2.45, 2.75) is 11.6 Å². The minimum absolute atomic E-state index is 0.260. The van der Waals surface area contributed by atoms with E-state index in [9.17, 15) is 5.26 Å². The molecule has 0 saturated carbocycles. The fourth-order valence-electron chi connectivity index (χ4n) is 2.54. The van der Waals surface area contributed by atoms with Crippen LogP contribution in [0.4, 0.5) is 0 Å². The average Bonchev–Trinajstić information content (AvgIpc) is 2.94. The lowest BCUT2D eigenvalue weighted by Gasteiger charge is -2.53. The molecule has 1 aliphatic rings. The van der Waals surface area contributed by atoms with Gasteiger partial charge in [-0.05, 0) is 12.1 Å². The fraction of sp³-hybridized carbons (Fsp3) is 0.462. The lowest BCUT2D eigenvalue weighted by molar-refractivity contribution is -0.357. The maximum Gasteiger partial charge on any atom is 0.266 e. The number of rotatable bonds is 5. The first kappa shape index (κ1) is 13.8. The van der Waals surface area contributed by atoms with Gasteiger partial charge in [-0.2, -0.15) is 5.26 Å². The molecule has 0 saturated heterocycles. The third-order valence-electron chi connectivity index (χ3n) is 3.37. The van der Waals surface area contributed by atoms with Crippen molar-refractivity contribution < 1.29 is 23.4 Å². The van der Waals surface area contributed by atoms with Crippen LogP contribution in [0.15, 0.2) is 28.4 Å².